The lowest BCUT2D eigenvalue weighted by atomic mass is 9.86. The van der Waals surface area contributed by atoms with E-state index in [1.165, 1.54) is 17.8 Å². The highest BCUT2D eigenvalue weighted by Gasteiger charge is 2.34. The molecular formula is C21H26F2N4O2. The average Bonchev–Trinajstić information content (AvgIpc) is 3.06. The number of nitrogens with zero attached hydrogens (tertiary/aromatic N) is 2. The van der Waals surface area contributed by atoms with E-state index in [0.717, 1.165) is 36.2 Å². The van der Waals surface area contributed by atoms with Crippen LogP contribution < -0.4 is 10.6 Å². The van der Waals surface area contributed by atoms with Crippen molar-refractivity contribution in [2.45, 2.75) is 52.5 Å². The van der Waals surface area contributed by atoms with Crippen LogP contribution in [0.5, 0.6) is 0 Å². The Balaban J connectivity index is 2.01. The number of likely N-dealkylation sites (N-methyl/N-ethyl adjacent to an activating group) is 1. The molecule has 2 N–H and O–H groups in total. The predicted octanol–water partition coefficient (Wildman–Crippen LogP) is 3.43. The number of fused-ring (bicyclic) bond motifs is 1. The monoisotopic (exact) mass is 404 g/mol. The Hall–Kier alpha value is -2.77. The molecule has 0 bridgehead atoms. The molecule has 1 aliphatic carbocycles. The van der Waals surface area contributed by atoms with E-state index in [4.69, 9.17) is 0 Å². The average molecular weight is 404 g/mol. The summed E-state index contributed by atoms with van der Waals surface area (Å²) in [7, 11) is 1.52. The van der Waals surface area contributed by atoms with Gasteiger partial charge in [-0.2, -0.15) is 9.78 Å². The van der Waals surface area contributed by atoms with Gasteiger partial charge in [-0.25, -0.2) is 13.6 Å². The van der Waals surface area contributed by atoms with Crippen molar-refractivity contribution in [1.29, 1.82) is 0 Å². The quantitative estimate of drug-likeness (QED) is 0.823. The lowest BCUT2D eigenvalue weighted by Crippen LogP contribution is -2.54. The molecule has 0 spiro atoms. The minimum absolute atomic E-state index is 0.298. The summed E-state index contributed by atoms with van der Waals surface area (Å²) in [6, 6.07) is 2.34. The third kappa shape index (κ3) is 4.16. The van der Waals surface area contributed by atoms with Crippen LogP contribution in [0.2, 0.25) is 0 Å². The molecule has 6 nitrogen and oxygen atoms in total. The summed E-state index contributed by atoms with van der Waals surface area (Å²) in [5.74, 6) is -2.19. The molecule has 8 heteroatoms. The standard InChI is InChI=1S/C21H26F2N4O2/c1-21(2,3)18(19(28)24-4)25-20(29)27-16-8-6-5-7-13(16)17(26-27)12-9-10-14(22)15(23)11-12/h9-11,18H,5-8H2,1-4H3,(H,24,28)(H,25,29)/t18-/m1/s1. The molecule has 0 unspecified atom stereocenters. The summed E-state index contributed by atoms with van der Waals surface area (Å²) in [5, 5.41) is 9.78. The molecular weight excluding hydrogens is 378 g/mol. The van der Waals surface area contributed by atoms with Gasteiger partial charge < -0.3 is 10.6 Å². The molecule has 0 aliphatic heterocycles. The highest BCUT2D eigenvalue weighted by molar-refractivity contribution is 5.88. The lowest BCUT2D eigenvalue weighted by molar-refractivity contribution is -0.124. The van der Waals surface area contributed by atoms with E-state index in [1.807, 2.05) is 20.8 Å². The van der Waals surface area contributed by atoms with Gasteiger partial charge in [0.05, 0.1) is 11.4 Å². The SMILES string of the molecule is CNC(=O)[C@@H](NC(=O)n1nc(-c2ccc(F)c(F)c2)c2c1CCCC2)C(C)(C)C. The number of carbonyl (C=O) groups excluding carboxylic acids is 2. The summed E-state index contributed by atoms with van der Waals surface area (Å²) >= 11 is 0. The second kappa shape index (κ2) is 7.93. The Bertz CT molecular complexity index is 947. The minimum Gasteiger partial charge on any atom is -0.357 e. The summed E-state index contributed by atoms with van der Waals surface area (Å²) < 4.78 is 28.4. The van der Waals surface area contributed by atoms with Crippen LogP contribution in [0.3, 0.4) is 0 Å². The molecule has 1 aromatic heterocycles. The van der Waals surface area contributed by atoms with Gasteiger partial charge in [0.15, 0.2) is 11.6 Å². The molecule has 3 rings (SSSR count). The van der Waals surface area contributed by atoms with E-state index >= 15 is 0 Å². The zero-order valence-electron chi connectivity index (χ0n) is 17.1. The van der Waals surface area contributed by atoms with Gasteiger partial charge in [0.1, 0.15) is 6.04 Å². The van der Waals surface area contributed by atoms with Gasteiger partial charge >= 0.3 is 6.03 Å². The van der Waals surface area contributed by atoms with Crippen molar-refractivity contribution in [1.82, 2.24) is 20.4 Å². The number of hydrogen-bond acceptors (Lipinski definition) is 3. The zero-order chi connectivity index (χ0) is 21.3. The number of halogens is 2. The second-order valence-electron chi connectivity index (χ2n) is 8.38. The molecule has 2 aromatic rings. The first-order valence-electron chi connectivity index (χ1n) is 9.72. The Kier molecular flexibility index (Phi) is 5.73. The Morgan fingerprint density at radius 3 is 2.45 bits per heavy atom. The van der Waals surface area contributed by atoms with Gasteiger partial charge in [-0.15, -0.1) is 0 Å². The van der Waals surface area contributed by atoms with Crippen molar-refractivity contribution in [3.8, 4) is 11.3 Å². The lowest BCUT2D eigenvalue weighted by Gasteiger charge is -2.29. The Morgan fingerprint density at radius 2 is 1.83 bits per heavy atom. The minimum atomic E-state index is -0.960. The summed E-state index contributed by atoms with van der Waals surface area (Å²) in [5.41, 5.74) is 2.00. The van der Waals surface area contributed by atoms with E-state index in [1.54, 1.807) is 0 Å². The topological polar surface area (TPSA) is 76.0 Å². The van der Waals surface area contributed by atoms with E-state index in [9.17, 15) is 18.4 Å². The number of amides is 2. The maximum Gasteiger partial charge on any atom is 0.343 e. The first kappa shape index (κ1) is 21.0. The molecule has 1 aliphatic rings. The largest absolute Gasteiger partial charge is 0.357 e. The molecule has 1 heterocycles. The Morgan fingerprint density at radius 1 is 1.14 bits per heavy atom. The van der Waals surface area contributed by atoms with E-state index in [2.05, 4.69) is 15.7 Å². The van der Waals surface area contributed by atoms with Crippen LogP contribution in [0.15, 0.2) is 18.2 Å². The third-order valence-electron chi connectivity index (χ3n) is 5.21. The third-order valence-corrected chi connectivity index (χ3v) is 5.21. The number of hydrogen-bond donors (Lipinski definition) is 2. The smallest absolute Gasteiger partial charge is 0.343 e. The fraction of sp³-hybridized carbons (Fsp3) is 0.476. The van der Waals surface area contributed by atoms with Crippen LogP contribution in [0, 0.1) is 17.0 Å². The number of rotatable bonds is 3. The highest BCUT2D eigenvalue weighted by Crippen LogP contribution is 2.32. The van der Waals surface area contributed by atoms with Crippen LogP contribution >= 0.6 is 0 Å². The normalized spacial score (nSPS) is 14.8. The van der Waals surface area contributed by atoms with Gasteiger partial charge in [-0.3, -0.25) is 4.79 Å². The van der Waals surface area contributed by atoms with Crippen molar-refractivity contribution in [2.24, 2.45) is 5.41 Å². The van der Waals surface area contributed by atoms with Crippen molar-refractivity contribution in [3.05, 3.63) is 41.1 Å². The highest BCUT2D eigenvalue weighted by atomic mass is 19.2. The van der Waals surface area contributed by atoms with Gasteiger partial charge in [-0.05, 0) is 49.3 Å². The fourth-order valence-electron chi connectivity index (χ4n) is 3.65. The second-order valence-corrected chi connectivity index (χ2v) is 8.38. The number of benzene rings is 1. The first-order valence-corrected chi connectivity index (χ1v) is 9.72. The maximum absolute atomic E-state index is 13.8. The van der Waals surface area contributed by atoms with E-state index in [0.29, 0.717) is 24.1 Å². The zero-order valence-corrected chi connectivity index (χ0v) is 17.1. The molecule has 1 atom stereocenters. The molecule has 0 fully saturated rings. The van der Waals surface area contributed by atoms with Gasteiger partial charge in [0.2, 0.25) is 5.91 Å². The van der Waals surface area contributed by atoms with Crippen LogP contribution in [-0.2, 0) is 17.6 Å². The summed E-state index contributed by atoms with van der Waals surface area (Å²) in [4.78, 5) is 25.3. The number of nitrogens with one attached hydrogen (secondary N) is 2. The van der Waals surface area contributed by atoms with Crippen molar-refractivity contribution in [3.63, 3.8) is 0 Å². The molecule has 29 heavy (non-hydrogen) atoms. The molecule has 0 saturated carbocycles. The van der Waals surface area contributed by atoms with Gasteiger partial charge in [-0.1, -0.05) is 20.8 Å². The molecule has 0 saturated heterocycles. The van der Waals surface area contributed by atoms with Crippen molar-refractivity contribution < 1.29 is 18.4 Å². The molecule has 156 valence electrons. The summed E-state index contributed by atoms with van der Waals surface area (Å²) in [6.45, 7) is 5.58. The van der Waals surface area contributed by atoms with E-state index < -0.39 is 29.1 Å². The van der Waals surface area contributed by atoms with Crippen molar-refractivity contribution >= 4 is 11.9 Å². The first-order chi connectivity index (χ1) is 13.6. The van der Waals surface area contributed by atoms with E-state index in [-0.39, 0.29) is 5.91 Å². The predicted molar refractivity (Wildman–Crippen MR) is 105 cm³/mol. The number of carbonyl (C=O) groups is 2. The maximum atomic E-state index is 13.8. The van der Waals surface area contributed by atoms with Gasteiger partial charge in [0.25, 0.3) is 0 Å². The van der Waals surface area contributed by atoms with Crippen LogP contribution in [0.25, 0.3) is 11.3 Å². The molecule has 1 aromatic carbocycles. The Labute approximate surface area is 168 Å². The van der Waals surface area contributed by atoms with Crippen LogP contribution in [-0.4, -0.2) is 34.8 Å². The molecule has 2 amide bonds. The van der Waals surface area contributed by atoms with Crippen LogP contribution in [0.4, 0.5) is 13.6 Å². The number of aromatic nitrogens is 2. The van der Waals surface area contributed by atoms with Crippen molar-refractivity contribution in [2.75, 3.05) is 7.05 Å². The fourth-order valence-corrected chi connectivity index (χ4v) is 3.65. The molecule has 0 radical (unpaired) electrons. The summed E-state index contributed by atoms with van der Waals surface area (Å²) in [6.07, 6.45) is 3.19. The van der Waals surface area contributed by atoms with Gasteiger partial charge in [0, 0.05) is 18.2 Å². The van der Waals surface area contributed by atoms with Crippen LogP contribution in [0.1, 0.15) is 44.9 Å².